The largest absolute Gasteiger partial charge is 0.370 e. The molecule has 2 aliphatic rings. The summed E-state index contributed by atoms with van der Waals surface area (Å²) in [6.07, 6.45) is 0. The molecule has 1 saturated heterocycles. The van der Waals surface area contributed by atoms with Crippen LogP contribution in [0.25, 0.3) is 11.4 Å². The molecule has 0 bridgehead atoms. The Kier molecular flexibility index (Phi) is 4.46. The Balaban J connectivity index is 1.60. The molecule has 0 N–H and O–H groups in total. The fourth-order valence-corrected chi connectivity index (χ4v) is 4.79. The number of fused-ring (bicyclic) bond motifs is 2. The third kappa shape index (κ3) is 3.06. The van der Waals surface area contributed by atoms with Gasteiger partial charge < -0.3 is 13.8 Å². The minimum Gasteiger partial charge on any atom is -0.370 e. The van der Waals surface area contributed by atoms with Gasteiger partial charge in [-0.1, -0.05) is 24.3 Å². The van der Waals surface area contributed by atoms with Gasteiger partial charge in [0.2, 0.25) is 11.6 Å². The van der Waals surface area contributed by atoms with Crippen molar-refractivity contribution in [3.05, 3.63) is 63.6 Å². The van der Waals surface area contributed by atoms with Crippen LogP contribution in [0.2, 0.25) is 0 Å². The summed E-state index contributed by atoms with van der Waals surface area (Å²) in [5, 5.41) is 4.00. The second-order valence-corrected chi connectivity index (χ2v) is 8.68. The molecule has 0 unspecified atom stereocenters. The molecule has 148 valence electrons. The van der Waals surface area contributed by atoms with Gasteiger partial charge in [-0.15, -0.1) is 0 Å². The highest BCUT2D eigenvalue weighted by atomic mass is 32.1. The standard InChI is InChI=1S/C22H22N3O3S/c1-25(9-11-28-12-10-25)8-7-24-19-18(23-22(24)15-6-13-29-14-15)20(26)16-4-2-3-5-17(16)21(19)27/h2-6,13-14H,7-12H2,1H3/q+1. The first kappa shape index (κ1) is 18.4. The SMILES string of the molecule is C[N+]1(CCn2c(-c3ccsc3)nc3c2C(=O)c2ccccc2C3=O)CCOCC1. The van der Waals surface area contributed by atoms with Crippen LogP contribution in [0.3, 0.4) is 0 Å². The second-order valence-electron chi connectivity index (χ2n) is 7.90. The van der Waals surface area contributed by atoms with Crippen LogP contribution in [0.4, 0.5) is 0 Å². The van der Waals surface area contributed by atoms with Crippen LogP contribution in [0.1, 0.15) is 32.1 Å². The summed E-state index contributed by atoms with van der Waals surface area (Å²) in [5.41, 5.74) is 2.56. The van der Waals surface area contributed by atoms with Gasteiger partial charge in [-0.25, -0.2) is 4.98 Å². The van der Waals surface area contributed by atoms with Crippen molar-refractivity contribution in [3.63, 3.8) is 0 Å². The van der Waals surface area contributed by atoms with E-state index < -0.39 is 0 Å². The van der Waals surface area contributed by atoms with Crippen molar-refractivity contribution in [1.82, 2.24) is 9.55 Å². The quantitative estimate of drug-likeness (QED) is 0.487. The van der Waals surface area contributed by atoms with Crippen LogP contribution < -0.4 is 0 Å². The third-order valence-electron chi connectivity index (χ3n) is 6.01. The normalized spacial score (nSPS) is 17.8. The predicted molar refractivity (Wildman–Crippen MR) is 110 cm³/mol. The summed E-state index contributed by atoms with van der Waals surface area (Å²) in [4.78, 5) is 31.1. The Morgan fingerprint density at radius 2 is 1.83 bits per heavy atom. The fourth-order valence-electron chi connectivity index (χ4n) is 4.15. The maximum absolute atomic E-state index is 13.4. The van der Waals surface area contributed by atoms with E-state index in [0.717, 1.165) is 42.9 Å². The van der Waals surface area contributed by atoms with E-state index in [2.05, 4.69) is 12.0 Å². The molecule has 7 heteroatoms. The first-order chi connectivity index (χ1) is 14.1. The van der Waals surface area contributed by atoms with Gasteiger partial charge in [0.15, 0.2) is 0 Å². The lowest BCUT2D eigenvalue weighted by atomic mass is 9.90. The second kappa shape index (κ2) is 7.02. The van der Waals surface area contributed by atoms with Crippen molar-refractivity contribution in [1.29, 1.82) is 0 Å². The number of nitrogens with zero attached hydrogens (tertiary/aromatic N) is 3. The van der Waals surface area contributed by atoms with Crippen LogP contribution in [-0.2, 0) is 11.3 Å². The zero-order valence-corrected chi connectivity index (χ0v) is 17.1. The molecule has 1 aliphatic heterocycles. The highest BCUT2D eigenvalue weighted by molar-refractivity contribution is 7.08. The number of hydrogen-bond donors (Lipinski definition) is 0. The van der Waals surface area contributed by atoms with Gasteiger partial charge in [0.05, 0.1) is 33.4 Å². The minimum atomic E-state index is -0.169. The molecule has 1 aliphatic carbocycles. The number of benzene rings is 1. The molecule has 3 heterocycles. The topological polar surface area (TPSA) is 61.2 Å². The van der Waals surface area contributed by atoms with E-state index >= 15 is 0 Å². The molecule has 29 heavy (non-hydrogen) atoms. The Bertz CT molecular complexity index is 1090. The van der Waals surface area contributed by atoms with Gasteiger partial charge in [-0.3, -0.25) is 9.59 Å². The summed E-state index contributed by atoms with van der Waals surface area (Å²) in [6.45, 7) is 4.87. The van der Waals surface area contributed by atoms with E-state index in [0.29, 0.717) is 29.2 Å². The first-order valence-electron chi connectivity index (χ1n) is 9.80. The molecule has 5 rings (SSSR count). The molecule has 0 saturated carbocycles. The van der Waals surface area contributed by atoms with E-state index in [1.165, 1.54) is 0 Å². The third-order valence-corrected chi connectivity index (χ3v) is 6.69. The van der Waals surface area contributed by atoms with Gasteiger partial charge in [0, 0.05) is 22.1 Å². The van der Waals surface area contributed by atoms with Gasteiger partial charge in [0.25, 0.3) is 0 Å². The summed E-state index contributed by atoms with van der Waals surface area (Å²) in [7, 11) is 2.22. The maximum Gasteiger partial charge on any atom is 0.214 e. The monoisotopic (exact) mass is 408 g/mol. The molecule has 0 radical (unpaired) electrons. The van der Waals surface area contributed by atoms with Crippen molar-refractivity contribution in [3.8, 4) is 11.4 Å². The Labute approximate surface area is 173 Å². The van der Waals surface area contributed by atoms with E-state index in [1.54, 1.807) is 35.6 Å². The number of rotatable bonds is 4. The van der Waals surface area contributed by atoms with Crippen molar-refractivity contribution < 1.29 is 18.8 Å². The van der Waals surface area contributed by atoms with Crippen molar-refractivity contribution in [2.24, 2.45) is 0 Å². The zero-order chi connectivity index (χ0) is 20.0. The molecule has 6 nitrogen and oxygen atoms in total. The van der Waals surface area contributed by atoms with Crippen LogP contribution in [0.5, 0.6) is 0 Å². The summed E-state index contributed by atoms with van der Waals surface area (Å²) in [5.74, 6) is 0.414. The number of quaternary nitrogens is 1. The average Bonchev–Trinajstić information content (AvgIpc) is 3.39. The van der Waals surface area contributed by atoms with Gasteiger partial charge >= 0.3 is 0 Å². The number of morpholine rings is 1. The summed E-state index contributed by atoms with van der Waals surface area (Å²) < 4.78 is 8.36. The molecule has 2 aromatic heterocycles. The molecular weight excluding hydrogens is 386 g/mol. The molecule has 1 aromatic carbocycles. The van der Waals surface area contributed by atoms with E-state index in [1.807, 2.05) is 21.4 Å². The number of carbonyl (C=O) groups is 2. The van der Waals surface area contributed by atoms with Gasteiger partial charge in [0.1, 0.15) is 30.3 Å². The number of ketones is 2. The number of aromatic nitrogens is 2. The smallest absolute Gasteiger partial charge is 0.214 e. The van der Waals surface area contributed by atoms with Crippen LogP contribution in [0.15, 0.2) is 41.1 Å². The highest BCUT2D eigenvalue weighted by Gasteiger charge is 2.36. The fraction of sp³-hybridized carbons (Fsp3) is 0.318. The Hall–Kier alpha value is -2.61. The number of thiophene rings is 1. The molecular formula is C22H22N3O3S+. The molecule has 0 spiro atoms. The average molecular weight is 409 g/mol. The first-order valence-corrected chi connectivity index (χ1v) is 10.7. The number of likely N-dealkylation sites (N-methyl/N-ethyl adjacent to an activating group) is 1. The molecule has 0 amide bonds. The molecule has 1 fully saturated rings. The van der Waals surface area contributed by atoms with Gasteiger partial charge in [-0.2, -0.15) is 11.3 Å². The summed E-state index contributed by atoms with van der Waals surface area (Å²) >= 11 is 1.58. The summed E-state index contributed by atoms with van der Waals surface area (Å²) in [6, 6.07) is 9.02. The minimum absolute atomic E-state index is 0.117. The molecule has 3 aromatic rings. The Morgan fingerprint density at radius 1 is 1.10 bits per heavy atom. The molecule has 0 atom stereocenters. The van der Waals surface area contributed by atoms with Crippen molar-refractivity contribution in [2.75, 3.05) is 39.9 Å². The van der Waals surface area contributed by atoms with Crippen LogP contribution in [0, 0.1) is 0 Å². The zero-order valence-electron chi connectivity index (χ0n) is 16.3. The lowest BCUT2D eigenvalue weighted by molar-refractivity contribution is -0.917. The van der Waals surface area contributed by atoms with E-state index in [4.69, 9.17) is 4.74 Å². The number of hydrogen-bond acceptors (Lipinski definition) is 5. The predicted octanol–water partition coefficient (Wildman–Crippen LogP) is 2.86. The van der Waals surface area contributed by atoms with Crippen molar-refractivity contribution in [2.45, 2.75) is 6.54 Å². The van der Waals surface area contributed by atoms with Crippen LogP contribution in [-0.4, -0.2) is 65.5 Å². The number of ether oxygens (including phenoxy) is 1. The highest BCUT2D eigenvalue weighted by Crippen LogP contribution is 2.32. The van der Waals surface area contributed by atoms with Crippen molar-refractivity contribution >= 4 is 22.9 Å². The lowest BCUT2D eigenvalue weighted by Crippen LogP contribution is -2.53. The maximum atomic E-state index is 13.4. The lowest BCUT2D eigenvalue weighted by Gasteiger charge is -2.37. The van der Waals surface area contributed by atoms with Gasteiger partial charge in [-0.05, 0) is 11.4 Å². The Morgan fingerprint density at radius 3 is 2.52 bits per heavy atom. The van der Waals surface area contributed by atoms with E-state index in [9.17, 15) is 9.59 Å². The number of imidazole rings is 1. The van der Waals surface area contributed by atoms with E-state index in [-0.39, 0.29) is 17.3 Å². The van der Waals surface area contributed by atoms with Crippen LogP contribution >= 0.6 is 11.3 Å². The number of carbonyl (C=O) groups excluding carboxylic acids is 2.